The van der Waals surface area contributed by atoms with Crippen LogP contribution in [0.15, 0.2) is 32.3 Å². The third kappa shape index (κ3) is 2.67. The third-order valence-corrected chi connectivity index (χ3v) is 5.97. The van der Waals surface area contributed by atoms with Crippen LogP contribution in [-0.2, 0) is 21.8 Å². The van der Waals surface area contributed by atoms with E-state index in [9.17, 15) is 18.0 Å². The van der Waals surface area contributed by atoms with Gasteiger partial charge in [0.25, 0.3) is 0 Å². The van der Waals surface area contributed by atoms with E-state index in [4.69, 9.17) is 4.42 Å². The molecular weight excluding hydrogens is 338 g/mol. The summed E-state index contributed by atoms with van der Waals surface area (Å²) in [5.41, 5.74) is 0.742. The molecule has 0 saturated carbocycles. The highest BCUT2D eigenvalue weighted by Gasteiger charge is 2.30. The number of aryl methyl sites for hydroxylation is 1. The molecule has 0 unspecified atom stereocenters. The minimum atomic E-state index is -3.72. The van der Waals surface area contributed by atoms with E-state index >= 15 is 0 Å². The summed E-state index contributed by atoms with van der Waals surface area (Å²) in [6.45, 7) is 0.885. The Labute approximate surface area is 138 Å². The fourth-order valence-corrected chi connectivity index (χ4v) is 4.10. The van der Waals surface area contributed by atoms with Crippen LogP contribution in [0.2, 0.25) is 0 Å². The molecule has 0 N–H and O–H groups in total. The minimum Gasteiger partial charge on any atom is -0.453 e. The van der Waals surface area contributed by atoms with Gasteiger partial charge in [0.05, 0.1) is 17.5 Å². The molecule has 0 aliphatic carbocycles. The maximum absolute atomic E-state index is 12.8. The number of carbonyl (C=O) groups is 1. The number of hydrogen-bond acceptors (Lipinski definition) is 6. The first-order valence-electron chi connectivity index (χ1n) is 7.27. The zero-order valence-corrected chi connectivity index (χ0v) is 14.1. The Morgan fingerprint density at radius 3 is 2.50 bits per heavy atom. The third-order valence-electron chi connectivity index (χ3n) is 4.07. The van der Waals surface area contributed by atoms with E-state index in [-0.39, 0.29) is 31.1 Å². The first kappa shape index (κ1) is 16.5. The molecule has 9 nitrogen and oxygen atoms in total. The summed E-state index contributed by atoms with van der Waals surface area (Å²) in [6.07, 6.45) is -0.470. The molecule has 24 heavy (non-hydrogen) atoms. The molecular formula is C14H17N3O6S. The average Bonchev–Trinajstić information content (AvgIpc) is 2.88. The van der Waals surface area contributed by atoms with Crippen molar-refractivity contribution in [1.29, 1.82) is 0 Å². The molecule has 1 saturated heterocycles. The molecule has 1 aromatic heterocycles. The van der Waals surface area contributed by atoms with Crippen molar-refractivity contribution in [3.8, 4) is 0 Å². The maximum Gasteiger partial charge on any atom is 0.419 e. The second kappa shape index (κ2) is 5.95. The number of hydrogen-bond donors (Lipinski definition) is 0. The number of nitrogens with zero attached hydrogens (tertiary/aromatic N) is 3. The summed E-state index contributed by atoms with van der Waals surface area (Å²) in [5, 5.41) is 0. The second-order valence-electron chi connectivity index (χ2n) is 5.42. The van der Waals surface area contributed by atoms with Crippen LogP contribution >= 0.6 is 0 Å². The molecule has 0 spiro atoms. The molecule has 10 heteroatoms. The summed E-state index contributed by atoms with van der Waals surface area (Å²) in [7, 11) is -0.918. The van der Waals surface area contributed by atoms with Gasteiger partial charge in [-0.1, -0.05) is 0 Å². The first-order chi connectivity index (χ1) is 11.3. The van der Waals surface area contributed by atoms with Gasteiger partial charge in [0.15, 0.2) is 5.58 Å². The zero-order chi connectivity index (χ0) is 17.5. The summed E-state index contributed by atoms with van der Waals surface area (Å²) in [5.74, 6) is -0.550. The molecule has 1 aliphatic rings. The highest BCUT2D eigenvalue weighted by atomic mass is 32.2. The van der Waals surface area contributed by atoms with Gasteiger partial charge in [-0.2, -0.15) is 4.31 Å². The van der Waals surface area contributed by atoms with Gasteiger partial charge in [-0.15, -0.1) is 0 Å². The van der Waals surface area contributed by atoms with Crippen LogP contribution < -0.4 is 5.76 Å². The lowest BCUT2D eigenvalue weighted by atomic mass is 10.3. The summed E-state index contributed by atoms with van der Waals surface area (Å²) >= 11 is 0. The van der Waals surface area contributed by atoms with Crippen LogP contribution in [0.1, 0.15) is 0 Å². The minimum absolute atomic E-state index is 0.0814. The average molecular weight is 355 g/mol. The number of fused-ring (bicyclic) bond motifs is 1. The topological polar surface area (TPSA) is 102 Å². The number of methoxy groups -OCH3 is 1. The lowest BCUT2D eigenvalue weighted by molar-refractivity contribution is 0.108. The molecule has 0 radical (unpaired) electrons. The van der Waals surface area contributed by atoms with Gasteiger partial charge >= 0.3 is 11.8 Å². The Balaban J connectivity index is 1.87. The van der Waals surface area contributed by atoms with Gasteiger partial charge < -0.3 is 14.1 Å². The van der Waals surface area contributed by atoms with Gasteiger partial charge in [0.2, 0.25) is 10.0 Å². The smallest absolute Gasteiger partial charge is 0.419 e. The lowest BCUT2D eigenvalue weighted by Crippen LogP contribution is -2.50. The molecule has 130 valence electrons. The number of carbonyl (C=O) groups excluding carboxylic acids is 1. The molecule has 2 aromatic rings. The first-order valence-corrected chi connectivity index (χ1v) is 8.71. The van der Waals surface area contributed by atoms with E-state index in [2.05, 4.69) is 4.74 Å². The van der Waals surface area contributed by atoms with Crippen molar-refractivity contribution in [2.75, 3.05) is 33.3 Å². The molecule has 1 fully saturated rings. The summed E-state index contributed by atoms with van der Waals surface area (Å²) < 4.78 is 37.7. The van der Waals surface area contributed by atoms with E-state index in [1.807, 2.05) is 0 Å². The fraction of sp³-hybridized carbons (Fsp3) is 0.429. The van der Waals surface area contributed by atoms with Crippen LogP contribution in [-0.4, -0.2) is 61.6 Å². The molecule has 2 heterocycles. The number of amides is 1. The summed E-state index contributed by atoms with van der Waals surface area (Å²) in [4.78, 5) is 24.5. The highest BCUT2D eigenvalue weighted by Crippen LogP contribution is 2.22. The van der Waals surface area contributed by atoms with Crippen molar-refractivity contribution in [3.63, 3.8) is 0 Å². The van der Waals surface area contributed by atoms with E-state index in [0.29, 0.717) is 11.1 Å². The van der Waals surface area contributed by atoms with Crippen molar-refractivity contribution >= 4 is 27.2 Å². The van der Waals surface area contributed by atoms with Crippen molar-refractivity contribution in [1.82, 2.24) is 13.8 Å². The van der Waals surface area contributed by atoms with E-state index < -0.39 is 21.9 Å². The molecule has 0 atom stereocenters. The van der Waals surface area contributed by atoms with Gasteiger partial charge in [-0.3, -0.25) is 4.57 Å². The maximum atomic E-state index is 12.8. The normalized spacial score (nSPS) is 16.5. The van der Waals surface area contributed by atoms with Gasteiger partial charge in [-0.25, -0.2) is 18.0 Å². The number of sulfonamides is 1. The Kier molecular flexibility index (Phi) is 4.10. The zero-order valence-electron chi connectivity index (χ0n) is 13.3. The number of aromatic nitrogens is 1. The van der Waals surface area contributed by atoms with Gasteiger partial charge in [-0.05, 0) is 18.2 Å². The molecule has 3 rings (SSSR count). The van der Waals surface area contributed by atoms with E-state index in [0.717, 1.165) is 0 Å². The van der Waals surface area contributed by atoms with Crippen molar-refractivity contribution < 1.29 is 22.4 Å². The van der Waals surface area contributed by atoms with Crippen molar-refractivity contribution in [3.05, 3.63) is 28.7 Å². The van der Waals surface area contributed by atoms with E-state index in [1.54, 1.807) is 0 Å². The monoisotopic (exact) mass is 355 g/mol. The van der Waals surface area contributed by atoms with Crippen LogP contribution in [0.4, 0.5) is 4.79 Å². The lowest BCUT2D eigenvalue weighted by Gasteiger charge is -2.33. The van der Waals surface area contributed by atoms with Crippen LogP contribution in [0.3, 0.4) is 0 Å². The molecule has 0 bridgehead atoms. The van der Waals surface area contributed by atoms with E-state index in [1.165, 1.54) is 46.1 Å². The number of piperazine rings is 1. The van der Waals surface area contributed by atoms with Crippen molar-refractivity contribution in [2.24, 2.45) is 7.05 Å². The SMILES string of the molecule is COC(=O)N1CCN(S(=O)(=O)c2ccc3oc(=O)n(C)c3c2)CC1. The van der Waals surface area contributed by atoms with Gasteiger partial charge in [0.1, 0.15) is 0 Å². The number of ether oxygens (including phenoxy) is 1. The molecule has 1 aromatic carbocycles. The molecule has 1 amide bonds. The Hall–Kier alpha value is -2.33. The summed E-state index contributed by atoms with van der Waals surface area (Å²) in [6, 6.07) is 4.30. The number of benzene rings is 1. The Morgan fingerprint density at radius 2 is 1.88 bits per heavy atom. The second-order valence-corrected chi connectivity index (χ2v) is 7.36. The van der Waals surface area contributed by atoms with Crippen molar-refractivity contribution in [2.45, 2.75) is 4.90 Å². The Morgan fingerprint density at radius 1 is 1.21 bits per heavy atom. The fourth-order valence-electron chi connectivity index (χ4n) is 2.66. The number of oxazole rings is 1. The predicted molar refractivity (Wildman–Crippen MR) is 84.2 cm³/mol. The Bertz CT molecular complexity index is 937. The standard InChI is InChI=1S/C14H17N3O6S/c1-15-11-9-10(3-4-12(11)23-13(15)18)24(20,21)17-7-5-16(6-8-17)14(19)22-2/h3-4,9H,5-8H2,1-2H3. The largest absolute Gasteiger partial charge is 0.453 e. The van der Waals surface area contributed by atoms with Gasteiger partial charge in [0, 0.05) is 33.2 Å². The molecule has 1 aliphatic heterocycles. The number of rotatable bonds is 2. The highest BCUT2D eigenvalue weighted by molar-refractivity contribution is 7.89. The quantitative estimate of drug-likeness (QED) is 0.763. The van der Waals surface area contributed by atoms with Crippen LogP contribution in [0, 0.1) is 0 Å². The predicted octanol–water partition coefficient (Wildman–Crippen LogP) is 0.204. The van der Waals surface area contributed by atoms with Crippen LogP contribution in [0.25, 0.3) is 11.1 Å². The van der Waals surface area contributed by atoms with Crippen LogP contribution in [0.5, 0.6) is 0 Å².